The van der Waals surface area contributed by atoms with Crippen molar-refractivity contribution in [3.05, 3.63) is 95.3 Å². The first-order valence-electron chi connectivity index (χ1n) is 12.5. The van der Waals surface area contributed by atoms with Crippen LogP contribution in [0, 0.1) is 23.4 Å². The smallest absolute Gasteiger partial charge is 0.166 e. The Morgan fingerprint density at radius 2 is 1.44 bits per heavy atom. The topological polar surface area (TPSA) is 0 Å². The van der Waals surface area contributed by atoms with E-state index in [4.69, 9.17) is 0 Å². The molecular weight excluding hydrogens is 429 g/mol. The minimum atomic E-state index is -0.818. The lowest BCUT2D eigenvalue weighted by Gasteiger charge is -2.27. The molecule has 4 rings (SSSR count). The second-order valence-electron chi connectivity index (χ2n) is 9.46. The average Bonchev–Trinajstić information content (AvgIpc) is 2.86. The lowest BCUT2D eigenvalue weighted by Crippen LogP contribution is -2.12. The van der Waals surface area contributed by atoms with Gasteiger partial charge in [0.1, 0.15) is 5.82 Å². The van der Waals surface area contributed by atoms with Crippen molar-refractivity contribution in [3.63, 3.8) is 0 Å². The van der Waals surface area contributed by atoms with E-state index in [9.17, 15) is 8.78 Å². The van der Waals surface area contributed by atoms with Crippen LogP contribution in [-0.4, -0.2) is 0 Å². The van der Waals surface area contributed by atoms with E-state index >= 15 is 4.39 Å². The van der Waals surface area contributed by atoms with Gasteiger partial charge in [-0.3, -0.25) is 0 Å². The van der Waals surface area contributed by atoms with Crippen molar-refractivity contribution in [2.24, 2.45) is 5.92 Å². The van der Waals surface area contributed by atoms with Gasteiger partial charge in [-0.25, -0.2) is 13.2 Å². The van der Waals surface area contributed by atoms with Gasteiger partial charge in [-0.15, -0.1) is 0 Å². The van der Waals surface area contributed by atoms with Crippen LogP contribution in [0.4, 0.5) is 13.2 Å². The van der Waals surface area contributed by atoms with Gasteiger partial charge in [0, 0.05) is 11.1 Å². The van der Waals surface area contributed by atoms with Gasteiger partial charge in [0.05, 0.1) is 0 Å². The fourth-order valence-electron chi connectivity index (χ4n) is 5.14. The Hall–Kier alpha value is -2.81. The molecule has 0 aromatic heterocycles. The van der Waals surface area contributed by atoms with E-state index in [2.05, 4.69) is 19.1 Å². The van der Waals surface area contributed by atoms with Crippen LogP contribution in [0.15, 0.2) is 66.7 Å². The SMILES string of the molecule is CC=CC1CCC(c2ccc(-c3ccc(-c4ccc(CCCC)c(F)c4F)cc3)c(F)c2)CC1. The third-order valence-corrected chi connectivity index (χ3v) is 7.17. The zero-order chi connectivity index (χ0) is 24.1. The monoisotopic (exact) mass is 462 g/mol. The third kappa shape index (κ3) is 5.29. The summed E-state index contributed by atoms with van der Waals surface area (Å²) in [5.74, 6) is -0.767. The summed E-state index contributed by atoms with van der Waals surface area (Å²) < 4.78 is 44.3. The third-order valence-electron chi connectivity index (χ3n) is 7.17. The zero-order valence-electron chi connectivity index (χ0n) is 20.1. The molecule has 1 aliphatic rings. The molecule has 3 heteroatoms. The molecule has 0 saturated heterocycles. The van der Waals surface area contributed by atoms with Crippen LogP contribution in [0.25, 0.3) is 22.3 Å². The lowest BCUT2D eigenvalue weighted by molar-refractivity contribution is 0.375. The minimum absolute atomic E-state index is 0.230. The Kier molecular flexibility index (Phi) is 7.92. The van der Waals surface area contributed by atoms with E-state index < -0.39 is 11.6 Å². The van der Waals surface area contributed by atoms with E-state index in [-0.39, 0.29) is 11.4 Å². The zero-order valence-corrected chi connectivity index (χ0v) is 20.1. The van der Waals surface area contributed by atoms with Gasteiger partial charge in [-0.05, 0) is 85.6 Å². The molecule has 0 amide bonds. The van der Waals surface area contributed by atoms with Gasteiger partial charge in [-0.1, -0.05) is 74.0 Å². The Morgan fingerprint density at radius 3 is 2.06 bits per heavy atom. The highest BCUT2D eigenvalue weighted by atomic mass is 19.2. The van der Waals surface area contributed by atoms with Gasteiger partial charge in [-0.2, -0.15) is 0 Å². The number of rotatable bonds is 7. The van der Waals surface area contributed by atoms with Crippen molar-refractivity contribution >= 4 is 0 Å². The molecule has 0 aliphatic heterocycles. The molecule has 1 saturated carbocycles. The Bertz CT molecular complexity index is 1140. The van der Waals surface area contributed by atoms with Crippen LogP contribution in [0.5, 0.6) is 0 Å². The summed E-state index contributed by atoms with van der Waals surface area (Å²) in [5.41, 5.74) is 3.55. The van der Waals surface area contributed by atoms with Gasteiger partial charge in [0.2, 0.25) is 0 Å². The fourth-order valence-corrected chi connectivity index (χ4v) is 5.14. The van der Waals surface area contributed by atoms with E-state index in [1.54, 1.807) is 42.5 Å². The maximum Gasteiger partial charge on any atom is 0.166 e. The first-order valence-corrected chi connectivity index (χ1v) is 12.5. The standard InChI is InChI=1S/C31H33F3/c1-3-5-7-25-16-19-28(31(34)30(25)33)24-14-12-23(13-15-24)27-18-17-26(20-29(27)32)22-10-8-21(6-4-2)9-11-22/h4,6,12-22H,3,5,7-11H2,1-2H3. The second-order valence-corrected chi connectivity index (χ2v) is 9.46. The Labute approximate surface area is 201 Å². The van der Waals surface area contributed by atoms with Gasteiger partial charge < -0.3 is 0 Å². The summed E-state index contributed by atoms with van der Waals surface area (Å²) >= 11 is 0. The summed E-state index contributed by atoms with van der Waals surface area (Å²) in [7, 11) is 0. The van der Waals surface area contributed by atoms with E-state index in [1.165, 1.54) is 0 Å². The van der Waals surface area contributed by atoms with E-state index in [0.29, 0.717) is 34.9 Å². The molecule has 0 heterocycles. The molecule has 0 bridgehead atoms. The number of hydrogen-bond acceptors (Lipinski definition) is 0. The molecule has 0 unspecified atom stereocenters. The number of benzene rings is 3. The summed E-state index contributed by atoms with van der Waals surface area (Å²) in [5, 5.41) is 0. The predicted octanol–water partition coefficient (Wildman–Crippen LogP) is 9.63. The molecule has 3 aromatic carbocycles. The Balaban J connectivity index is 1.51. The van der Waals surface area contributed by atoms with E-state index in [0.717, 1.165) is 49.7 Å². The molecule has 34 heavy (non-hydrogen) atoms. The lowest BCUT2D eigenvalue weighted by atomic mass is 9.78. The summed E-state index contributed by atoms with van der Waals surface area (Å²) in [6.07, 6.45) is 11.2. The highest BCUT2D eigenvalue weighted by Gasteiger charge is 2.22. The quantitative estimate of drug-likeness (QED) is 0.307. The van der Waals surface area contributed by atoms with Crippen LogP contribution >= 0.6 is 0 Å². The molecule has 0 nitrogen and oxygen atoms in total. The molecule has 0 radical (unpaired) electrons. The van der Waals surface area contributed by atoms with Crippen molar-refractivity contribution in [2.45, 2.75) is 64.7 Å². The van der Waals surface area contributed by atoms with Crippen LogP contribution in [0.3, 0.4) is 0 Å². The number of halogens is 3. The van der Waals surface area contributed by atoms with E-state index in [1.807, 2.05) is 19.1 Å². The molecule has 3 aromatic rings. The first-order chi connectivity index (χ1) is 16.5. The number of unbranched alkanes of at least 4 members (excludes halogenated alkanes) is 1. The van der Waals surface area contributed by atoms with Crippen LogP contribution in [0.2, 0.25) is 0 Å². The average molecular weight is 463 g/mol. The molecule has 0 N–H and O–H groups in total. The van der Waals surface area contributed by atoms with Crippen LogP contribution in [-0.2, 0) is 6.42 Å². The van der Waals surface area contributed by atoms with Gasteiger partial charge in [0.15, 0.2) is 11.6 Å². The molecule has 0 spiro atoms. The highest BCUT2D eigenvalue weighted by molar-refractivity contribution is 5.71. The minimum Gasteiger partial charge on any atom is -0.206 e. The fraction of sp³-hybridized carbons (Fsp3) is 0.355. The number of allylic oxidation sites excluding steroid dienone is 2. The molecular formula is C31H33F3. The summed E-state index contributed by atoms with van der Waals surface area (Å²) in [6, 6.07) is 15.9. The normalized spacial score (nSPS) is 18.5. The predicted molar refractivity (Wildman–Crippen MR) is 135 cm³/mol. The maximum absolute atomic E-state index is 15.1. The molecule has 0 atom stereocenters. The first kappa shape index (κ1) is 24.3. The van der Waals surface area contributed by atoms with Crippen molar-refractivity contribution in [1.82, 2.24) is 0 Å². The maximum atomic E-state index is 15.1. The van der Waals surface area contributed by atoms with Crippen molar-refractivity contribution in [1.29, 1.82) is 0 Å². The molecule has 1 fully saturated rings. The summed E-state index contributed by atoms with van der Waals surface area (Å²) in [4.78, 5) is 0. The van der Waals surface area contributed by atoms with Crippen LogP contribution in [0.1, 0.15) is 69.4 Å². The van der Waals surface area contributed by atoms with Gasteiger partial charge in [0.25, 0.3) is 0 Å². The largest absolute Gasteiger partial charge is 0.206 e. The van der Waals surface area contributed by atoms with Gasteiger partial charge >= 0.3 is 0 Å². The number of aryl methyl sites for hydroxylation is 1. The van der Waals surface area contributed by atoms with Crippen LogP contribution < -0.4 is 0 Å². The second kappa shape index (κ2) is 11.1. The Morgan fingerprint density at radius 1 is 0.794 bits per heavy atom. The molecule has 1 aliphatic carbocycles. The number of hydrogen-bond donors (Lipinski definition) is 0. The van der Waals surface area contributed by atoms with Crippen molar-refractivity contribution in [2.75, 3.05) is 0 Å². The molecule has 178 valence electrons. The van der Waals surface area contributed by atoms with Crippen molar-refractivity contribution < 1.29 is 13.2 Å². The van der Waals surface area contributed by atoms with Crippen molar-refractivity contribution in [3.8, 4) is 22.3 Å². The highest BCUT2D eigenvalue weighted by Crippen LogP contribution is 2.38. The summed E-state index contributed by atoms with van der Waals surface area (Å²) in [6.45, 7) is 4.09.